The second-order valence-corrected chi connectivity index (χ2v) is 7.41. The first-order valence-electron chi connectivity index (χ1n) is 9.02. The zero-order chi connectivity index (χ0) is 20.4. The van der Waals surface area contributed by atoms with Gasteiger partial charge in [-0.3, -0.25) is 14.9 Å². The number of benzene rings is 2. The van der Waals surface area contributed by atoms with Gasteiger partial charge in [-0.25, -0.2) is 9.37 Å². The zero-order valence-corrected chi connectivity index (χ0v) is 16.1. The molecule has 1 aliphatic rings. The molecule has 0 bridgehead atoms. The Hall–Kier alpha value is -3.33. The molecular formula is C20H17FN4O3S. The van der Waals surface area contributed by atoms with Gasteiger partial charge in [-0.2, -0.15) is 0 Å². The van der Waals surface area contributed by atoms with Crippen molar-refractivity contribution < 1.29 is 14.1 Å². The van der Waals surface area contributed by atoms with Gasteiger partial charge in [0, 0.05) is 43.2 Å². The third kappa shape index (κ3) is 3.95. The zero-order valence-electron chi connectivity index (χ0n) is 15.3. The summed E-state index contributed by atoms with van der Waals surface area (Å²) in [4.78, 5) is 31.7. The second kappa shape index (κ2) is 7.96. The number of amides is 1. The van der Waals surface area contributed by atoms with Crippen molar-refractivity contribution in [1.82, 2.24) is 9.88 Å². The van der Waals surface area contributed by atoms with E-state index in [4.69, 9.17) is 0 Å². The van der Waals surface area contributed by atoms with Crippen LogP contribution < -0.4 is 4.90 Å². The number of nitro groups is 1. The smallest absolute Gasteiger partial charge is 0.282 e. The summed E-state index contributed by atoms with van der Waals surface area (Å²) < 4.78 is 13.1. The van der Waals surface area contributed by atoms with E-state index < -0.39 is 4.92 Å². The van der Waals surface area contributed by atoms with E-state index in [9.17, 15) is 19.3 Å². The molecule has 1 amide bonds. The number of piperazine rings is 1. The largest absolute Gasteiger partial charge is 0.345 e. The number of nitro benzene ring substituents is 1. The van der Waals surface area contributed by atoms with E-state index in [0.717, 1.165) is 16.4 Å². The molecule has 0 unspecified atom stereocenters. The third-order valence-electron chi connectivity index (χ3n) is 4.80. The van der Waals surface area contributed by atoms with Crippen molar-refractivity contribution in [3.05, 3.63) is 75.4 Å². The number of hydrogen-bond donors (Lipinski definition) is 0. The number of carbonyl (C=O) groups excluding carboxylic acids is 1. The molecule has 0 aliphatic carbocycles. The van der Waals surface area contributed by atoms with E-state index in [2.05, 4.69) is 9.88 Å². The lowest BCUT2D eigenvalue weighted by Crippen LogP contribution is -2.48. The van der Waals surface area contributed by atoms with Crippen LogP contribution in [0.2, 0.25) is 0 Å². The van der Waals surface area contributed by atoms with Gasteiger partial charge in [0.25, 0.3) is 11.6 Å². The Kier molecular flexibility index (Phi) is 5.22. The molecular weight excluding hydrogens is 395 g/mol. The van der Waals surface area contributed by atoms with Crippen molar-refractivity contribution in [2.24, 2.45) is 0 Å². The summed E-state index contributed by atoms with van der Waals surface area (Å²) in [6.45, 7) is 2.08. The highest BCUT2D eigenvalue weighted by molar-refractivity contribution is 7.14. The van der Waals surface area contributed by atoms with Gasteiger partial charge in [0.2, 0.25) is 0 Å². The summed E-state index contributed by atoms with van der Waals surface area (Å²) in [5.41, 5.74) is 1.56. The fraction of sp³-hybridized carbons (Fsp3) is 0.200. The first-order chi connectivity index (χ1) is 14.0. The van der Waals surface area contributed by atoms with Crippen LogP contribution in [0.25, 0.3) is 11.3 Å². The average molecular weight is 412 g/mol. The molecule has 1 fully saturated rings. The van der Waals surface area contributed by atoms with E-state index in [1.807, 2.05) is 5.38 Å². The monoisotopic (exact) mass is 412 g/mol. The molecule has 2 heterocycles. The maximum atomic E-state index is 13.1. The molecule has 29 heavy (non-hydrogen) atoms. The summed E-state index contributed by atoms with van der Waals surface area (Å²) in [5, 5.41) is 13.9. The normalized spacial score (nSPS) is 14.1. The molecule has 7 nitrogen and oxygen atoms in total. The minimum absolute atomic E-state index is 0.110. The second-order valence-electron chi connectivity index (χ2n) is 6.58. The van der Waals surface area contributed by atoms with Gasteiger partial charge >= 0.3 is 0 Å². The molecule has 1 saturated heterocycles. The van der Waals surface area contributed by atoms with Gasteiger partial charge in [0.1, 0.15) is 11.4 Å². The Morgan fingerprint density at radius 3 is 2.45 bits per heavy atom. The third-order valence-corrected chi connectivity index (χ3v) is 5.70. The Morgan fingerprint density at radius 2 is 1.76 bits per heavy atom. The highest BCUT2D eigenvalue weighted by Gasteiger charge is 2.28. The van der Waals surface area contributed by atoms with Gasteiger partial charge in [-0.05, 0) is 30.3 Å². The molecule has 0 N–H and O–H groups in total. The molecule has 0 saturated carbocycles. The number of carbonyl (C=O) groups is 1. The lowest BCUT2D eigenvalue weighted by Gasteiger charge is -2.34. The quantitative estimate of drug-likeness (QED) is 0.481. The number of para-hydroxylation sites is 1. The molecule has 0 radical (unpaired) electrons. The fourth-order valence-corrected chi connectivity index (χ4v) is 4.14. The number of rotatable bonds is 4. The minimum Gasteiger partial charge on any atom is -0.345 e. The highest BCUT2D eigenvalue weighted by Crippen LogP contribution is 2.28. The molecule has 4 rings (SSSR count). The Balaban J connectivity index is 1.43. The van der Waals surface area contributed by atoms with Gasteiger partial charge in [-0.1, -0.05) is 12.1 Å². The van der Waals surface area contributed by atoms with Crippen molar-refractivity contribution in [2.75, 3.05) is 31.1 Å². The lowest BCUT2D eigenvalue weighted by atomic mass is 10.1. The Morgan fingerprint density at radius 1 is 1.07 bits per heavy atom. The van der Waals surface area contributed by atoms with Gasteiger partial charge in [0.15, 0.2) is 5.13 Å². The van der Waals surface area contributed by atoms with Crippen LogP contribution in [0.5, 0.6) is 0 Å². The standard InChI is InChI=1S/C20H17FN4O3S/c21-15-7-5-14(6-8-15)17-13-29-20(22-17)24-11-9-23(10-12-24)19(26)16-3-1-2-4-18(16)25(27)28/h1-8,13H,9-12H2. The van der Waals surface area contributed by atoms with E-state index >= 15 is 0 Å². The van der Waals surface area contributed by atoms with Crippen LogP contribution in [0.15, 0.2) is 53.9 Å². The van der Waals surface area contributed by atoms with E-state index in [-0.39, 0.29) is 23.0 Å². The summed E-state index contributed by atoms with van der Waals surface area (Å²) in [5.74, 6) is -0.619. The van der Waals surface area contributed by atoms with Crippen LogP contribution in [0.4, 0.5) is 15.2 Å². The summed E-state index contributed by atoms with van der Waals surface area (Å²) in [6, 6.07) is 12.2. The summed E-state index contributed by atoms with van der Waals surface area (Å²) >= 11 is 1.50. The van der Waals surface area contributed by atoms with E-state index in [1.54, 1.807) is 29.2 Å². The highest BCUT2D eigenvalue weighted by atomic mass is 32.1. The number of thiazole rings is 1. The van der Waals surface area contributed by atoms with Crippen molar-refractivity contribution in [2.45, 2.75) is 0 Å². The van der Waals surface area contributed by atoms with Gasteiger partial charge in [-0.15, -0.1) is 11.3 Å². The molecule has 148 valence electrons. The average Bonchev–Trinajstić information content (AvgIpc) is 3.24. The number of aromatic nitrogens is 1. The van der Waals surface area contributed by atoms with Crippen LogP contribution >= 0.6 is 11.3 Å². The van der Waals surface area contributed by atoms with Crippen molar-refractivity contribution >= 4 is 28.1 Å². The molecule has 1 aromatic heterocycles. The van der Waals surface area contributed by atoms with Crippen LogP contribution in [0.1, 0.15) is 10.4 Å². The van der Waals surface area contributed by atoms with E-state index in [0.29, 0.717) is 26.2 Å². The summed E-state index contributed by atoms with van der Waals surface area (Å²) in [6.07, 6.45) is 0. The first kappa shape index (κ1) is 19.0. The number of halogens is 1. The van der Waals surface area contributed by atoms with E-state index in [1.165, 1.54) is 35.6 Å². The van der Waals surface area contributed by atoms with Crippen LogP contribution in [0.3, 0.4) is 0 Å². The van der Waals surface area contributed by atoms with Gasteiger partial charge < -0.3 is 9.80 Å². The molecule has 9 heteroatoms. The first-order valence-corrected chi connectivity index (χ1v) is 9.90. The van der Waals surface area contributed by atoms with Crippen molar-refractivity contribution in [1.29, 1.82) is 0 Å². The predicted molar refractivity (Wildman–Crippen MR) is 109 cm³/mol. The van der Waals surface area contributed by atoms with Crippen LogP contribution in [0, 0.1) is 15.9 Å². The SMILES string of the molecule is O=C(c1ccccc1[N+](=O)[O-])N1CCN(c2nc(-c3ccc(F)cc3)cs2)CC1. The lowest BCUT2D eigenvalue weighted by molar-refractivity contribution is -0.385. The molecule has 3 aromatic rings. The van der Waals surface area contributed by atoms with Crippen LogP contribution in [-0.2, 0) is 0 Å². The minimum atomic E-state index is -0.532. The van der Waals surface area contributed by atoms with Crippen molar-refractivity contribution in [3.63, 3.8) is 0 Å². The molecule has 0 atom stereocenters. The van der Waals surface area contributed by atoms with Crippen molar-refractivity contribution in [3.8, 4) is 11.3 Å². The fourth-order valence-electron chi connectivity index (χ4n) is 3.25. The Labute approximate surface area is 170 Å². The maximum Gasteiger partial charge on any atom is 0.282 e. The molecule has 0 spiro atoms. The topological polar surface area (TPSA) is 79.6 Å². The maximum absolute atomic E-state index is 13.1. The molecule has 2 aromatic carbocycles. The predicted octanol–water partition coefficient (Wildman–Crippen LogP) is 3.82. The van der Waals surface area contributed by atoms with Gasteiger partial charge in [0.05, 0.1) is 10.6 Å². The van der Waals surface area contributed by atoms with Crippen LogP contribution in [-0.4, -0.2) is 46.9 Å². The Bertz CT molecular complexity index is 1050. The molecule has 1 aliphatic heterocycles. The number of anilines is 1. The summed E-state index contributed by atoms with van der Waals surface area (Å²) in [7, 11) is 0. The number of nitrogens with zero attached hydrogens (tertiary/aromatic N) is 4. The number of hydrogen-bond acceptors (Lipinski definition) is 6.